The molecule has 1 aliphatic carbocycles. The van der Waals surface area contributed by atoms with Crippen molar-refractivity contribution in [2.75, 3.05) is 7.11 Å². The van der Waals surface area contributed by atoms with Gasteiger partial charge in [-0.2, -0.15) is 5.10 Å². The van der Waals surface area contributed by atoms with E-state index in [4.69, 9.17) is 14.6 Å². The predicted octanol–water partition coefficient (Wildman–Crippen LogP) is 1.70. The van der Waals surface area contributed by atoms with E-state index < -0.39 is 17.8 Å². The largest absolute Gasteiger partial charge is 0.493 e. The maximum Gasteiger partial charge on any atom is 0.335 e. The standard InChI is InChI=1S/C21H21N3O6/c1-29-18-10-14(11-22-24-20(26)19(25)23-16-7-8-16)4-9-17(18)30-12-13-2-5-15(6-3-13)21(27)28/h2-6,9-11,16H,7-8,12H2,1H3,(H,23,25)(H,24,26)(H,27,28)/b22-11-. The average molecular weight is 411 g/mol. The van der Waals surface area contributed by atoms with Crippen LogP contribution in [0.1, 0.15) is 34.3 Å². The number of rotatable bonds is 8. The van der Waals surface area contributed by atoms with Gasteiger partial charge in [-0.15, -0.1) is 0 Å². The van der Waals surface area contributed by atoms with E-state index in [2.05, 4.69) is 15.8 Å². The Hall–Kier alpha value is -3.88. The van der Waals surface area contributed by atoms with Gasteiger partial charge in [0.05, 0.1) is 18.9 Å². The molecule has 1 saturated carbocycles. The predicted molar refractivity (Wildman–Crippen MR) is 108 cm³/mol. The molecule has 9 heteroatoms. The van der Waals surface area contributed by atoms with Crippen LogP contribution in [0.2, 0.25) is 0 Å². The summed E-state index contributed by atoms with van der Waals surface area (Å²) in [4.78, 5) is 34.1. The van der Waals surface area contributed by atoms with Crippen LogP contribution in [0, 0.1) is 0 Å². The van der Waals surface area contributed by atoms with Crippen LogP contribution in [0.25, 0.3) is 0 Å². The van der Waals surface area contributed by atoms with E-state index in [0.29, 0.717) is 17.1 Å². The summed E-state index contributed by atoms with van der Waals surface area (Å²) in [5, 5.41) is 15.3. The summed E-state index contributed by atoms with van der Waals surface area (Å²) in [7, 11) is 1.49. The molecule has 0 spiro atoms. The molecule has 0 radical (unpaired) electrons. The van der Waals surface area contributed by atoms with Crippen molar-refractivity contribution < 1.29 is 29.0 Å². The zero-order valence-corrected chi connectivity index (χ0v) is 16.3. The number of hydrogen-bond acceptors (Lipinski definition) is 6. The van der Waals surface area contributed by atoms with Crippen molar-refractivity contribution in [3.63, 3.8) is 0 Å². The van der Waals surface area contributed by atoms with Gasteiger partial charge in [-0.1, -0.05) is 12.1 Å². The van der Waals surface area contributed by atoms with E-state index >= 15 is 0 Å². The number of hydrazone groups is 1. The molecule has 0 aromatic heterocycles. The van der Waals surface area contributed by atoms with Crippen molar-refractivity contribution in [2.45, 2.75) is 25.5 Å². The molecule has 2 aromatic rings. The van der Waals surface area contributed by atoms with Gasteiger partial charge in [0.2, 0.25) is 0 Å². The molecule has 3 N–H and O–H groups in total. The number of carboxylic acids is 1. The first kappa shape index (κ1) is 20.8. The third-order valence-electron chi connectivity index (χ3n) is 4.28. The van der Waals surface area contributed by atoms with E-state index in [0.717, 1.165) is 18.4 Å². The third-order valence-corrected chi connectivity index (χ3v) is 4.28. The monoisotopic (exact) mass is 411 g/mol. The summed E-state index contributed by atoms with van der Waals surface area (Å²) in [5.74, 6) is -1.56. The highest BCUT2D eigenvalue weighted by Crippen LogP contribution is 2.28. The highest BCUT2D eigenvalue weighted by Gasteiger charge is 2.26. The number of carboxylic acid groups (broad SMARTS) is 1. The number of aromatic carboxylic acids is 1. The molecule has 0 saturated heterocycles. The summed E-state index contributed by atoms with van der Waals surface area (Å²) in [5.41, 5.74) is 3.82. The maximum absolute atomic E-state index is 11.6. The second kappa shape index (κ2) is 9.55. The molecular weight excluding hydrogens is 390 g/mol. The van der Waals surface area contributed by atoms with Crippen LogP contribution in [0.15, 0.2) is 47.6 Å². The lowest BCUT2D eigenvalue weighted by molar-refractivity contribution is -0.139. The summed E-state index contributed by atoms with van der Waals surface area (Å²) in [6.07, 6.45) is 3.17. The van der Waals surface area contributed by atoms with Gasteiger partial charge in [-0.3, -0.25) is 9.59 Å². The Morgan fingerprint density at radius 1 is 1.10 bits per heavy atom. The van der Waals surface area contributed by atoms with E-state index in [1.54, 1.807) is 30.3 Å². The van der Waals surface area contributed by atoms with Crippen LogP contribution < -0.4 is 20.2 Å². The fraction of sp³-hybridized carbons (Fsp3) is 0.238. The molecular formula is C21H21N3O6. The minimum atomic E-state index is -0.985. The SMILES string of the molecule is COc1cc(/C=N\NC(=O)C(=O)NC2CC2)ccc1OCc1ccc(C(=O)O)cc1. The van der Waals surface area contributed by atoms with Gasteiger partial charge in [0.1, 0.15) is 6.61 Å². The highest BCUT2D eigenvalue weighted by atomic mass is 16.5. The third kappa shape index (κ3) is 5.81. The van der Waals surface area contributed by atoms with Gasteiger partial charge in [0.25, 0.3) is 0 Å². The minimum Gasteiger partial charge on any atom is -0.493 e. The Morgan fingerprint density at radius 2 is 1.83 bits per heavy atom. The van der Waals surface area contributed by atoms with E-state index in [9.17, 15) is 14.4 Å². The van der Waals surface area contributed by atoms with Crippen LogP contribution in [0.5, 0.6) is 11.5 Å². The van der Waals surface area contributed by atoms with Crippen LogP contribution in [0.4, 0.5) is 0 Å². The molecule has 0 aliphatic heterocycles. The van der Waals surface area contributed by atoms with Gasteiger partial charge in [0.15, 0.2) is 11.5 Å². The molecule has 3 rings (SSSR count). The van der Waals surface area contributed by atoms with Gasteiger partial charge in [-0.05, 0) is 54.3 Å². The zero-order chi connectivity index (χ0) is 21.5. The van der Waals surface area contributed by atoms with E-state index in [-0.39, 0.29) is 18.2 Å². The Balaban J connectivity index is 1.56. The normalized spacial score (nSPS) is 13.0. The van der Waals surface area contributed by atoms with Crippen molar-refractivity contribution >= 4 is 24.0 Å². The maximum atomic E-state index is 11.6. The molecule has 2 aromatic carbocycles. The molecule has 1 fully saturated rings. The number of methoxy groups -OCH3 is 1. The average Bonchev–Trinajstić information content (AvgIpc) is 3.56. The lowest BCUT2D eigenvalue weighted by Gasteiger charge is -2.11. The molecule has 0 bridgehead atoms. The molecule has 0 atom stereocenters. The van der Waals surface area contributed by atoms with E-state index in [1.165, 1.54) is 25.5 Å². The van der Waals surface area contributed by atoms with Crippen LogP contribution in [-0.4, -0.2) is 42.3 Å². The molecule has 1 aliphatic rings. The van der Waals surface area contributed by atoms with Gasteiger partial charge in [-0.25, -0.2) is 10.2 Å². The van der Waals surface area contributed by atoms with Crippen molar-refractivity contribution in [3.05, 3.63) is 59.2 Å². The number of ether oxygens (including phenoxy) is 2. The first-order valence-electron chi connectivity index (χ1n) is 9.23. The summed E-state index contributed by atoms with van der Waals surface area (Å²) < 4.78 is 11.1. The quantitative estimate of drug-likeness (QED) is 0.345. The van der Waals surface area contributed by atoms with Crippen molar-refractivity contribution in [2.24, 2.45) is 5.10 Å². The van der Waals surface area contributed by atoms with E-state index in [1.807, 2.05) is 0 Å². The second-order valence-electron chi connectivity index (χ2n) is 6.65. The highest BCUT2D eigenvalue weighted by molar-refractivity contribution is 6.35. The number of carbonyl (C=O) groups excluding carboxylic acids is 2. The van der Waals surface area contributed by atoms with Gasteiger partial charge < -0.3 is 19.9 Å². The van der Waals surface area contributed by atoms with Gasteiger partial charge in [0, 0.05) is 6.04 Å². The fourth-order valence-electron chi connectivity index (χ4n) is 2.48. The Bertz CT molecular complexity index is 967. The molecule has 0 unspecified atom stereocenters. The lowest BCUT2D eigenvalue weighted by Crippen LogP contribution is -2.38. The molecule has 9 nitrogen and oxygen atoms in total. The summed E-state index contributed by atoms with van der Waals surface area (Å²) in [6.45, 7) is 0.232. The first-order chi connectivity index (χ1) is 14.5. The summed E-state index contributed by atoms with van der Waals surface area (Å²) >= 11 is 0. The molecule has 156 valence electrons. The number of amides is 2. The van der Waals surface area contributed by atoms with Crippen LogP contribution in [-0.2, 0) is 16.2 Å². The fourth-order valence-corrected chi connectivity index (χ4v) is 2.48. The lowest BCUT2D eigenvalue weighted by atomic mass is 10.1. The summed E-state index contributed by atoms with van der Waals surface area (Å²) in [6, 6.07) is 11.5. The first-order valence-corrected chi connectivity index (χ1v) is 9.23. The zero-order valence-electron chi connectivity index (χ0n) is 16.3. The molecule has 30 heavy (non-hydrogen) atoms. The second-order valence-corrected chi connectivity index (χ2v) is 6.65. The Kier molecular flexibility index (Phi) is 6.63. The smallest absolute Gasteiger partial charge is 0.335 e. The minimum absolute atomic E-state index is 0.0964. The van der Waals surface area contributed by atoms with Gasteiger partial charge >= 0.3 is 17.8 Å². The van der Waals surface area contributed by atoms with Crippen LogP contribution >= 0.6 is 0 Å². The Labute approximate surface area is 172 Å². The molecule has 2 amide bonds. The van der Waals surface area contributed by atoms with Crippen molar-refractivity contribution in [3.8, 4) is 11.5 Å². The number of nitrogens with one attached hydrogen (secondary N) is 2. The Morgan fingerprint density at radius 3 is 2.47 bits per heavy atom. The number of hydrogen-bond donors (Lipinski definition) is 3. The van der Waals surface area contributed by atoms with Crippen molar-refractivity contribution in [1.29, 1.82) is 0 Å². The molecule has 0 heterocycles. The van der Waals surface area contributed by atoms with Crippen LogP contribution in [0.3, 0.4) is 0 Å². The van der Waals surface area contributed by atoms with Crippen molar-refractivity contribution in [1.82, 2.24) is 10.7 Å². The number of nitrogens with zero attached hydrogens (tertiary/aromatic N) is 1. The number of carbonyl (C=O) groups is 3. The topological polar surface area (TPSA) is 126 Å². The number of benzene rings is 2.